The van der Waals surface area contributed by atoms with Gasteiger partial charge in [0.2, 0.25) is 11.6 Å². The molecule has 4 rings (SSSR count). The van der Waals surface area contributed by atoms with Crippen molar-refractivity contribution < 1.29 is 53.5 Å². The molecule has 4 aromatic rings. The fourth-order valence-electron chi connectivity index (χ4n) is 3.53. The average molecular weight is 542 g/mol. The zero-order valence-electron chi connectivity index (χ0n) is 18.2. The molecule has 0 amide bonds. The van der Waals surface area contributed by atoms with Crippen molar-refractivity contribution in [3.63, 3.8) is 0 Å². The molecule has 0 aliphatic carbocycles. The molecule has 2 nitrogen and oxygen atoms in total. The molecule has 0 aromatic heterocycles. The van der Waals surface area contributed by atoms with Crippen molar-refractivity contribution in [3.05, 3.63) is 129 Å². The van der Waals surface area contributed by atoms with Crippen LogP contribution in [0.3, 0.4) is 0 Å². The van der Waals surface area contributed by atoms with E-state index in [4.69, 9.17) is 0 Å². The molecule has 0 fully saturated rings. The smallest absolute Gasteiger partial charge is 0.200 e. The Morgan fingerprint density at radius 3 is 0.789 bits per heavy atom. The van der Waals surface area contributed by atoms with Crippen molar-refractivity contribution >= 4 is 11.6 Å². The second kappa shape index (κ2) is 9.77. The van der Waals surface area contributed by atoms with Crippen molar-refractivity contribution in [1.29, 1.82) is 0 Å². The third-order valence-electron chi connectivity index (χ3n) is 5.50. The van der Waals surface area contributed by atoms with E-state index < -0.39 is 92.0 Å². The fraction of sp³-hybridized carbons (Fsp3) is 0. The summed E-state index contributed by atoms with van der Waals surface area (Å²) in [6.45, 7) is 0. The van der Waals surface area contributed by atoms with Crippen molar-refractivity contribution in [3.8, 4) is 11.1 Å². The van der Waals surface area contributed by atoms with Gasteiger partial charge in [0, 0.05) is 11.1 Å². The Kier molecular flexibility index (Phi) is 6.83. The lowest BCUT2D eigenvalue weighted by atomic mass is 9.96. The van der Waals surface area contributed by atoms with Gasteiger partial charge in [0.1, 0.15) is 11.1 Å². The zero-order valence-corrected chi connectivity index (χ0v) is 18.2. The van der Waals surface area contributed by atoms with Crippen molar-refractivity contribution in [2.45, 2.75) is 0 Å². The molecule has 0 aliphatic rings. The first-order valence-corrected chi connectivity index (χ1v) is 10.2. The Bertz CT molecular complexity index is 1450. The number of rotatable bonds is 5. The first-order chi connectivity index (χ1) is 17.9. The minimum atomic E-state index is -2.42. The van der Waals surface area contributed by atoms with Gasteiger partial charge in [-0.1, -0.05) is 48.5 Å². The van der Waals surface area contributed by atoms with Gasteiger partial charge in [-0.3, -0.25) is 9.59 Å². The highest BCUT2D eigenvalue weighted by atomic mass is 19.2. The van der Waals surface area contributed by atoms with Crippen LogP contribution in [0.2, 0.25) is 0 Å². The fourth-order valence-corrected chi connectivity index (χ4v) is 3.53. The van der Waals surface area contributed by atoms with Crippen LogP contribution in [-0.4, -0.2) is 11.6 Å². The first kappa shape index (κ1) is 26.6. The van der Waals surface area contributed by atoms with Gasteiger partial charge < -0.3 is 0 Å². The normalized spacial score (nSPS) is 11.1. The molecule has 38 heavy (non-hydrogen) atoms. The maximum atomic E-state index is 13.9. The van der Waals surface area contributed by atoms with E-state index >= 15 is 0 Å². The SMILES string of the molecule is O=C(c1ccc(-c2ccc(C(=O)c3c(F)c(F)c(F)c(F)c3F)cc2)cc1)c1c(F)c(F)c(F)c(F)c1F. The third-order valence-corrected chi connectivity index (χ3v) is 5.50. The summed E-state index contributed by atoms with van der Waals surface area (Å²) in [6, 6.07) is 8.96. The summed E-state index contributed by atoms with van der Waals surface area (Å²) in [5, 5.41) is 0. The van der Waals surface area contributed by atoms with Gasteiger partial charge in [-0.25, -0.2) is 43.9 Å². The van der Waals surface area contributed by atoms with Crippen LogP contribution in [0, 0.1) is 58.2 Å². The van der Waals surface area contributed by atoms with Crippen LogP contribution in [-0.2, 0) is 0 Å². The molecule has 0 N–H and O–H groups in total. The van der Waals surface area contributed by atoms with Crippen LogP contribution < -0.4 is 0 Å². The molecule has 0 spiro atoms. The number of carbonyl (C=O) groups excluding carboxylic acids is 2. The molecule has 0 saturated carbocycles. The van der Waals surface area contributed by atoms with Crippen molar-refractivity contribution in [2.24, 2.45) is 0 Å². The standard InChI is InChI=1S/C26H8F10O2/c27-15-13(16(28)20(32)23(35)19(15)31)25(37)11-5-1-9(2-6-11)10-3-7-12(8-4-10)26(38)14-17(29)21(33)24(36)22(34)18(14)30/h1-8H. The predicted molar refractivity (Wildman–Crippen MR) is 111 cm³/mol. The molecule has 0 atom stereocenters. The first-order valence-electron chi connectivity index (χ1n) is 10.2. The number of ketones is 2. The van der Waals surface area contributed by atoms with Gasteiger partial charge in [-0.2, -0.15) is 0 Å². The van der Waals surface area contributed by atoms with Gasteiger partial charge in [-0.05, 0) is 11.1 Å². The van der Waals surface area contributed by atoms with Crippen LogP contribution in [0.1, 0.15) is 31.8 Å². The topological polar surface area (TPSA) is 34.1 Å². The van der Waals surface area contributed by atoms with E-state index in [9.17, 15) is 53.5 Å². The van der Waals surface area contributed by atoms with Crippen molar-refractivity contribution in [2.75, 3.05) is 0 Å². The quantitative estimate of drug-likeness (QED) is 0.116. The molecule has 0 bridgehead atoms. The number of benzene rings is 4. The molecule has 0 saturated heterocycles. The third kappa shape index (κ3) is 4.21. The highest BCUT2D eigenvalue weighted by Gasteiger charge is 2.31. The van der Waals surface area contributed by atoms with Gasteiger partial charge in [0.05, 0.1) is 0 Å². The summed E-state index contributed by atoms with van der Waals surface area (Å²) < 4.78 is 136. The van der Waals surface area contributed by atoms with Gasteiger partial charge >= 0.3 is 0 Å². The summed E-state index contributed by atoms with van der Waals surface area (Å²) in [7, 11) is 0. The van der Waals surface area contributed by atoms with Gasteiger partial charge in [-0.15, -0.1) is 0 Å². The molecule has 12 heteroatoms. The second-order valence-electron chi connectivity index (χ2n) is 7.70. The molecule has 0 aliphatic heterocycles. The zero-order chi connectivity index (χ0) is 28.0. The molecular formula is C26H8F10O2. The number of carbonyl (C=O) groups is 2. The lowest BCUT2D eigenvalue weighted by molar-refractivity contribution is 0.101. The number of hydrogen-bond donors (Lipinski definition) is 0. The summed E-state index contributed by atoms with van der Waals surface area (Å²) in [5.74, 6) is -26.2. The van der Waals surface area contributed by atoms with E-state index in [1.54, 1.807) is 0 Å². The van der Waals surface area contributed by atoms with E-state index in [0.29, 0.717) is 11.1 Å². The second-order valence-corrected chi connectivity index (χ2v) is 7.70. The van der Waals surface area contributed by atoms with Crippen LogP contribution in [0.25, 0.3) is 11.1 Å². The lowest BCUT2D eigenvalue weighted by Gasteiger charge is -2.09. The molecule has 4 aromatic carbocycles. The summed E-state index contributed by atoms with van der Waals surface area (Å²) in [5.41, 5.74) is -3.57. The number of hydrogen-bond acceptors (Lipinski definition) is 2. The van der Waals surface area contributed by atoms with Crippen molar-refractivity contribution in [1.82, 2.24) is 0 Å². The summed E-state index contributed by atoms with van der Waals surface area (Å²) in [4.78, 5) is 24.8. The Labute approximate surface area is 205 Å². The van der Waals surface area contributed by atoms with Crippen LogP contribution in [0.4, 0.5) is 43.9 Å². The minimum Gasteiger partial charge on any atom is -0.288 e. The van der Waals surface area contributed by atoms with Crippen LogP contribution in [0.15, 0.2) is 48.5 Å². The predicted octanol–water partition coefficient (Wildman–Crippen LogP) is 7.21. The average Bonchev–Trinajstić information content (AvgIpc) is 2.93. The Hall–Kier alpha value is -4.48. The van der Waals surface area contributed by atoms with E-state index in [2.05, 4.69) is 0 Å². The van der Waals surface area contributed by atoms with Crippen LogP contribution >= 0.6 is 0 Å². The molecule has 194 valence electrons. The molecular weight excluding hydrogens is 534 g/mol. The van der Waals surface area contributed by atoms with E-state index in [-0.39, 0.29) is 0 Å². The monoisotopic (exact) mass is 542 g/mol. The number of halogens is 10. The highest BCUT2D eigenvalue weighted by molar-refractivity contribution is 6.10. The molecule has 0 unspecified atom stereocenters. The van der Waals surface area contributed by atoms with E-state index in [1.165, 1.54) is 24.3 Å². The minimum absolute atomic E-state index is 0.300. The summed E-state index contributed by atoms with van der Waals surface area (Å²) in [6.07, 6.45) is 0. The maximum Gasteiger partial charge on any atom is 0.200 e. The molecule has 0 radical (unpaired) electrons. The van der Waals surface area contributed by atoms with E-state index in [1.807, 2.05) is 0 Å². The van der Waals surface area contributed by atoms with Gasteiger partial charge in [0.15, 0.2) is 58.1 Å². The van der Waals surface area contributed by atoms with Gasteiger partial charge in [0.25, 0.3) is 0 Å². The summed E-state index contributed by atoms with van der Waals surface area (Å²) >= 11 is 0. The largest absolute Gasteiger partial charge is 0.288 e. The Morgan fingerprint density at radius 2 is 0.553 bits per heavy atom. The lowest BCUT2D eigenvalue weighted by Crippen LogP contribution is -2.13. The molecule has 0 heterocycles. The Balaban J connectivity index is 1.63. The Morgan fingerprint density at radius 1 is 0.342 bits per heavy atom. The van der Waals surface area contributed by atoms with E-state index in [0.717, 1.165) is 24.3 Å². The highest BCUT2D eigenvalue weighted by Crippen LogP contribution is 2.28. The van der Waals surface area contributed by atoms with Crippen LogP contribution in [0.5, 0.6) is 0 Å². The maximum absolute atomic E-state index is 13.9.